The van der Waals surface area contributed by atoms with Gasteiger partial charge in [0.05, 0.1) is 0 Å². The minimum absolute atomic E-state index is 0.116. The lowest BCUT2D eigenvalue weighted by Gasteiger charge is -2.13. The Morgan fingerprint density at radius 3 is 2.42 bits per heavy atom. The SMILES string of the molecule is CSc1cccc(Oc2cc(F)cc(F)c2)c1CN. The first kappa shape index (κ1) is 13.8. The van der Waals surface area contributed by atoms with Crippen molar-refractivity contribution in [2.45, 2.75) is 11.4 Å². The molecule has 2 N–H and O–H groups in total. The lowest BCUT2D eigenvalue weighted by molar-refractivity contribution is 0.461. The van der Waals surface area contributed by atoms with Crippen LogP contribution in [0.5, 0.6) is 11.5 Å². The Balaban J connectivity index is 2.37. The summed E-state index contributed by atoms with van der Waals surface area (Å²) in [5.74, 6) is -0.722. The minimum atomic E-state index is -0.676. The molecule has 0 atom stereocenters. The summed E-state index contributed by atoms with van der Waals surface area (Å²) in [6.07, 6.45) is 1.93. The van der Waals surface area contributed by atoms with E-state index in [1.807, 2.05) is 18.4 Å². The summed E-state index contributed by atoms with van der Waals surface area (Å²) < 4.78 is 31.8. The highest BCUT2D eigenvalue weighted by molar-refractivity contribution is 7.98. The number of nitrogens with two attached hydrogens (primary N) is 1. The van der Waals surface area contributed by atoms with Gasteiger partial charge in [0.25, 0.3) is 0 Å². The largest absolute Gasteiger partial charge is 0.457 e. The second kappa shape index (κ2) is 6.04. The van der Waals surface area contributed by atoms with Crippen molar-refractivity contribution in [1.82, 2.24) is 0 Å². The molecule has 0 heterocycles. The molecule has 2 nitrogen and oxygen atoms in total. The zero-order valence-electron chi connectivity index (χ0n) is 10.3. The fraction of sp³-hybridized carbons (Fsp3) is 0.143. The molecule has 0 unspecified atom stereocenters. The van der Waals surface area contributed by atoms with Crippen molar-refractivity contribution in [2.75, 3.05) is 6.26 Å². The van der Waals surface area contributed by atoms with E-state index in [9.17, 15) is 8.78 Å². The lowest BCUT2D eigenvalue weighted by Crippen LogP contribution is -2.01. The van der Waals surface area contributed by atoms with Crippen molar-refractivity contribution in [3.05, 3.63) is 53.6 Å². The molecule has 0 aliphatic heterocycles. The van der Waals surface area contributed by atoms with Crippen molar-refractivity contribution >= 4 is 11.8 Å². The normalized spacial score (nSPS) is 10.5. The van der Waals surface area contributed by atoms with Crippen molar-refractivity contribution in [2.24, 2.45) is 5.73 Å². The monoisotopic (exact) mass is 281 g/mol. The van der Waals surface area contributed by atoms with Crippen molar-refractivity contribution in [1.29, 1.82) is 0 Å². The molecule has 0 aromatic heterocycles. The quantitative estimate of drug-likeness (QED) is 0.862. The predicted octanol–water partition coefficient (Wildman–Crippen LogP) is 3.94. The number of ether oxygens (including phenoxy) is 1. The maximum Gasteiger partial charge on any atom is 0.133 e. The zero-order valence-corrected chi connectivity index (χ0v) is 11.1. The molecule has 0 saturated heterocycles. The van der Waals surface area contributed by atoms with Gasteiger partial charge >= 0.3 is 0 Å². The summed E-state index contributed by atoms with van der Waals surface area (Å²) in [5.41, 5.74) is 6.52. The lowest BCUT2D eigenvalue weighted by atomic mass is 10.2. The Bertz CT molecular complexity index is 569. The van der Waals surface area contributed by atoms with Crippen LogP contribution in [0.15, 0.2) is 41.3 Å². The third kappa shape index (κ3) is 3.24. The van der Waals surface area contributed by atoms with Crippen LogP contribution in [-0.4, -0.2) is 6.26 Å². The number of halogens is 2. The molecule has 0 spiro atoms. The molecule has 0 radical (unpaired) electrons. The molecule has 0 saturated carbocycles. The van der Waals surface area contributed by atoms with E-state index in [1.54, 1.807) is 17.8 Å². The summed E-state index contributed by atoms with van der Waals surface area (Å²) in [7, 11) is 0. The zero-order chi connectivity index (χ0) is 13.8. The Kier molecular flexibility index (Phi) is 4.39. The van der Waals surface area contributed by atoms with Crippen molar-refractivity contribution in [3.8, 4) is 11.5 Å². The highest BCUT2D eigenvalue weighted by Crippen LogP contribution is 2.32. The molecule has 0 fully saturated rings. The molecule has 0 aliphatic carbocycles. The summed E-state index contributed by atoms with van der Waals surface area (Å²) in [6.45, 7) is 0.296. The fourth-order valence-corrected chi connectivity index (χ4v) is 2.39. The molecule has 2 rings (SSSR count). The van der Waals surface area contributed by atoms with E-state index in [4.69, 9.17) is 10.5 Å². The highest BCUT2D eigenvalue weighted by Gasteiger charge is 2.09. The molecule has 0 aliphatic rings. The first-order valence-corrected chi connectivity index (χ1v) is 6.86. The van der Waals surface area contributed by atoms with Crippen LogP contribution in [0.2, 0.25) is 0 Å². The van der Waals surface area contributed by atoms with Crippen LogP contribution in [0, 0.1) is 11.6 Å². The van der Waals surface area contributed by atoms with Crippen LogP contribution in [-0.2, 0) is 6.54 Å². The first-order chi connectivity index (χ1) is 9.13. The van der Waals surface area contributed by atoms with Gasteiger partial charge in [0, 0.05) is 35.2 Å². The van der Waals surface area contributed by atoms with Gasteiger partial charge in [-0.15, -0.1) is 11.8 Å². The van der Waals surface area contributed by atoms with E-state index in [2.05, 4.69) is 0 Å². The van der Waals surface area contributed by atoms with Crippen LogP contribution in [0.25, 0.3) is 0 Å². The van der Waals surface area contributed by atoms with Gasteiger partial charge in [-0.05, 0) is 18.4 Å². The molecule has 0 amide bonds. The maximum atomic E-state index is 13.1. The number of benzene rings is 2. The Labute approximate surface area is 114 Å². The average Bonchev–Trinajstić information content (AvgIpc) is 2.37. The summed E-state index contributed by atoms with van der Waals surface area (Å²) in [6, 6.07) is 8.53. The third-order valence-electron chi connectivity index (χ3n) is 2.58. The van der Waals surface area contributed by atoms with Gasteiger partial charge in [-0.25, -0.2) is 8.78 Å². The molecule has 0 bridgehead atoms. The fourth-order valence-electron chi connectivity index (χ4n) is 1.75. The number of hydrogen-bond donors (Lipinski definition) is 1. The van der Waals surface area contributed by atoms with Gasteiger partial charge in [-0.3, -0.25) is 0 Å². The molecular weight excluding hydrogens is 268 g/mol. The van der Waals surface area contributed by atoms with Crippen molar-refractivity contribution < 1.29 is 13.5 Å². The highest BCUT2D eigenvalue weighted by atomic mass is 32.2. The van der Waals surface area contributed by atoms with E-state index in [0.29, 0.717) is 12.3 Å². The standard InChI is InChI=1S/C14H13F2NOS/c1-19-14-4-2-3-13(12(14)8-17)18-11-6-9(15)5-10(16)7-11/h2-7H,8,17H2,1H3. The average molecular weight is 281 g/mol. The smallest absolute Gasteiger partial charge is 0.133 e. The van der Waals surface area contributed by atoms with Gasteiger partial charge in [0.2, 0.25) is 0 Å². The van der Waals surface area contributed by atoms with Crippen LogP contribution < -0.4 is 10.5 Å². The van der Waals surface area contributed by atoms with Gasteiger partial charge in [-0.2, -0.15) is 0 Å². The van der Waals surface area contributed by atoms with Crippen LogP contribution in [0.1, 0.15) is 5.56 Å². The van der Waals surface area contributed by atoms with E-state index in [-0.39, 0.29) is 5.75 Å². The predicted molar refractivity (Wildman–Crippen MR) is 72.5 cm³/mol. The summed E-state index contributed by atoms with van der Waals surface area (Å²) in [5, 5.41) is 0. The van der Waals surface area contributed by atoms with E-state index >= 15 is 0 Å². The number of thioether (sulfide) groups is 1. The molecule has 19 heavy (non-hydrogen) atoms. The molecule has 5 heteroatoms. The van der Waals surface area contributed by atoms with Gasteiger partial charge < -0.3 is 10.5 Å². The van der Waals surface area contributed by atoms with Crippen molar-refractivity contribution in [3.63, 3.8) is 0 Å². The van der Waals surface area contributed by atoms with Gasteiger partial charge in [-0.1, -0.05) is 6.07 Å². The van der Waals surface area contributed by atoms with Gasteiger partial charge in [0.15, 0.2) is 0 Å². The third-order valence-corrected chi connectivity index (χ3v) is 3.40. The Morgan fingerprint density at radius 1 is 1.16 bits per heavy atom. The minimum Gasteiger partial charge on any atom is -0.457 e. The summed E-state index contributed by atoms with van der Waals surface area (Å²) in [4.78, 5) is 0.983. The van der Waals surface area contributed by atoms with Crippen LogP contribution in [0.3, 0.4) is 0 Å². The van der Waals surface area contributed by atoms with E-state index < -0.39 is 11.6 Å². The number of rotatable bonds is 4. The first-order valence-electron chi connectivity index (χ1n) is 5.64. The molecular formula is C14H13F2NOS. The molecule has 2 aromatic carbocycles. The molecule has 100 valence electrons. The van der Waals surface area contributed by atoms with E-state index in [1.165, 1.54) is 0 Å². The topological polar surface area (TPSA) is 35.2 Å². The van der Waals surface area contributed by atoms with Crippen LogP contribution >= 0.6 is 11.8 Å². The second-order valence-electron chi connectivity index (χ2n) is 3.85. The number of hydrogen-bond acceptors (Lipinski definition) is 3. The van der Waals surface area contributed by atoms with E-state index in [0.717, 1.165) is 28.7 Å². The van der Waals surface area contributed by atoms with Crippen LogP contribution in [0.4, 0.5) is 8.78 Å². The second-order valence-corrected chi connectivity index (χ2v) is 4.70. The maximum absolute atomic E-state index is 13.1. The molecule has 2 aromatic rings. The summed E-state index contributed by atoms with van der Waals surface area (Å²) >= 11 is 1.54. The Hall–Kier alpha value is -1.59. The Morgan fingerprint density at radius 2 is 1.84 bits per heavy atom. The van der Waals surface area contributed by atoms with Gasteiger partial charge in [0.1, 0.15) is 23.1 Å².